The maximum atomic E-state index is 4.55. The highest BCUT2D eigenvalue weighted by atomic mass is 79.9. The van der Waals surface area contributed by atoms with Gasteiger partial charge in [-0.2, -0.15) is 0 Å². The van der Waals surface area contributed by atoms with Crippen molar-refractivity contribution >= 4 is 27.3 Å². The SMILES string of the molecule is CCC(NCc1cnc(C(C)(C)C)s1)c1ccc(Br)cc1. The Hall–Kier alpha value is -0.710. The molecule has 0 spiro atoms. The van der Waals surface area contributed by atoms with Gasteiger partial charge in [0.2, 0.25) is 0 Å². The van der Waals surface area contributed by atoms with E-state index in [9.17, 15) is 0 Å². The lowest BCUT2D eigenvalue weighted by Gasteiger charge is -2.17. The summed E-state index contributed by atoms with van der Waals surface area (Å²) < 4.78 is 1.12. The van der Waals surface area contributed by atoms with Crippen LogP contribution in [0.4, 0.5) is 0 Å². The average Bonchev–Trinajstić information content (AvgIpc) is 2.90. The zero-order valence-electron chi connectivity index (χ0n) is 13.1. The van der Waals surface area contributed by atoms with Crippen molar-refractivity contribution in [1.29, 1.82) is 0 Å². The fourth-order valence-corrected chi connectivity index (χ4v) is 3.34. The number of nitrogens with one attached hydrogen (secondary N) is 1. The summed E-state index contributed by atoms with van der Waals surface area (Å²) in [7, 11) is 0. The molecule has 2 aromatic rings. The third-order valence-electron chi connectivity index (χ3n) is 3.40. The molecular formula is C17H23BrN2S. The molecule has 1 aromatic carbocycles. The summed E-state index contributed by atoms with van der Waals surface area (Å²) in [5.74, 6) is 0. The van der Waals surface area contributed by atoms with E-state index in [1.807, 2.05) is 17.5 Å². The Morgan fingerprint density at radius 3 is 2.43 bits per heavy atom. The summed E-state index contributed by atoms with van der Waals surface area (Å²) in [4.78, 5) is 5.85. The Balaban J connectivity index is 2.00. The van der Waals surface area contributed by atoms with E-state index in [0.717, 1.165) is 17.4 Å². The fraction of sp³-hybridized carbons (Fsp3) is 0.471. The first kappa shape index (κ1) is 16.7. The van der Waals surface area contributed by atoms with E-state index in [1.165, 1.54) is 15.4 Å². The van der Waals surface area contributed by atoms with E-state index < -0.39 is 0 Å². The third-order valence-corrected chi connectivity index (χ3v) is 5.35. The summed E-state index contributed by atoms with van der Waals surface area (Å²) in [5, 5.41) is 4.85. The zero-order valence-corrected chi connectivity index (χ0v) is 15.5. The predicted octanol–water partition coefficient (Wildman–Crippen LogP) is 5.44. The second kappa shape index (κ2) is 7.03. The Bertz CT molecular complexity index is 569. The van der Waals surface area contributed by atoms with Gasteiger partial charge in [-0.1, -0.05) is 55.8 Å². The minimum absolute atomic E-state index is 0.138. The number of rotatable bonds is 5. The second-order valence-corrected chi connectivity index (χ2v) is 8.31. The Morgan fingerprint density at radius 2 is 1.90 bits per heavy atom. The molecule has 0 radical (unpaired) electrons. The molecule has 0 amide bonds. The molecule has 0 aliphatic heterocycles. The molecule has 2 nitrogen and oxygen atoms in total. The van der Waals surface area contributed by atoms with E-state index in [4.69, 9.17) is 0 Å². The van der Waals surface area contributed by atoms with E-state index in [1.54, 1.807) is 0 Å². The third kappa shape index (κ3) is 4.63. The van der Waals surface area contributed by atoms with E-state index in [0.29, 0.717) is 6.04 Å². The molecule has 1 aromatic heterocycles. The van der Waals surface area contributed by atoms with Crippen LogP contribution in [0.15, 0.2) is 34.9 Å². The first-order valence-corrected chi connectivity index (χ1v) is 8.95. The van der Waals surface area contributed by atoms with Crippen LogP contribution < -0.4 is 5.32 Å². The van der Waals surface area contributed by atoms with Gasteiger partial charge in [0.15, 0.2) is 0 Å². The van der Waals surface area contributed by atoms with E-state index in [-0.39, 0.29) is 5.41 Å². The lowest BCUT2D eigenvalue weighted by molar-refractivity contribution is 0.521. The van der Waals surface area contributed by atoms with Gasteiger partial charge in [-0.15, -0.1) is 11.3 Å². The van der Waals surface area contributed by atoms with Crippen molar-refractivity contribution in [2.24, 2.45) is 0 Å². The molecule has 2 rings (SSSR count). The number of aromatic nitrogens is 1. The molecule has 0 aliphatic carbocycles. The van der Waals surface area contributed by atoms with Crippen LogP contribution in [0.5, 0.6) is 0 Å². The average molecular weight is 367 g/mol. The lowest BCUT2D eigenvalue weighted by Crippen LogP contribution is -2.19. The van der Waals surface area contributed by atoms with Crippen LogP contribution >= 0.6 is 27.3 Å². The van der Waals surface area contributed by atoms with E-state index in [2.05, 4.69) is 78.2 Å². The molecular weight excluding hydrogens is 344 g/mol. The van der Waals surface area contributed by atoms with Crippen LogP contribution in [0, 0.1) is 0 Å². The number of hydrogen-bond acceptors (Lipinski definition) is 3. The molecule has 0 bridgehead atoms. The van der Waals surface area contributed by atoms with Crippen LogP contribution in [0.25, 0.3) is 0 Å². The van der Waals surface area contributed by atoms with Crippen LogP contribution in [0.1, 0.15) is 55.6 Å². The monoisotopic (exact) mass is 366 g/mol. The summed E-state index contributed by atoms with van der Waals surface area (Å²) in [6.07, 6.45) is 3.08. The highest BCUT2D eigenvalue weighted by Crippen LogP contribution is 2.27. The zero-order chi connectivity index (χ0) is 15.5. The maximum absolute atomic E-state index is 4.55. The smallest absolute Gasteiger partial charge is 0.0981 e. The normalized spacial score (nSPS) is 13.4. The van der Waals surface area contributed by atoms with Gasteiger partial charge < -0.3 is 5.32 Å². The molecule has 4 heteroatoms. The van der Waals surface area contributed by atoms with Crippen molar-refractivity contribution in [3.63, 3.8) is 0 Å². The second-order valence-electron chi connectivity index (χ2n) is 6.28. The van der Waals surface area contributed by atoms with Crippen LogP contribution in [-0.4, -0.2) is 4.98 Å². The Morgan fingerprint density at radius 1 is 1.24 bits per heavy atom. The molecule has 1 heterocycles. The lowest BCUT2D eigenvalue weighted by atomic mass is 9.98. The van der Waals surface area contributed by atoms with Crippen molar-refractivity contribution in [3.05, 3.63) is 50.4 Å². The molecule has 114 valence electrons. The van der Waals surface area contributed by atoms with Gasteiger partial charge in [-0.25, -0.2) is 4.98 Å². The summed E-state index contributed by atoms with van der Waals surface area (Å²) in [6, 6.07) is 8.95. The maximum Gasteiger partial charge on any atom is 0.0981 e. The first-order valence-electron chi connectivity index (χ1n) is 7.34. The van der Waals surface area contributed by atoms with Crippen LogP contribution in [0.3, 0.4) is 0 Å². The van der Waals surface area contributed by atoms with Crippen molar-refractivity contribution in [1.82, 2.24) is 10.3 Å². The van der Waals surface area contributed by atoms with Crippen molar-refractivity contribution in [3.8, 4) is 0 Å². The largest absolute Gasteiger partial charge is 0.305 e. The highest BCUT2D eigenvalue weighted by molar-refractivity contribution is 9.10. The van der Waals surface area contributed by atoms with E-state index >= 15 is 0 Å². The van der Waals surface area contributed by atoms with Gasteiger partial charge in [0.25, 0.3) is 0 Å². The Labute approximate surface area is 140 Å². The topological polar surface area (TPSA) is 24.9 Å². The minimum atomic E-state index is 0.138. The van der Waals surface area contributed by atoms with Gasteiger partial charge in [-0.3, -0.25) is 0 Å². The van der Waals surface area contributed by atoms with Crippen LogP contribution in [-0.2, 0) is 12.0 Å². The quantitative estimate of drug-likeness (QED) is 0.761. The summed E-state index contributed by atoms with van der Waals surface area (Å²) in [5.41, 5.74) is 1.47. The van der Waals surface area contributed by atoms with Gasteiger partial charge in [0.1, 0.15) is 0 Å². The standard InChI is InChI=1S/C17H23BrN2S/c1-5-15(12-6-8-13(18)9-7-12)19-10-14-11-20-16(21-14)17(2,3)4/h6-9,11,15,19H,5,10H2,1-4H3. The van der Waals surface area contributed by atoms with Gasteiger partial charge in [0, 0.05) is 33.5 Å². The molecule has 0 aliphatic rings. The molecule has 0 saturated heterocycles. The van der Waals surface area contributed by atoms with Crippen LogP contribution in [0.2, 0.25) is 0 Å². The molecule has 0 saturated carbocycles. The van der Waals surface area contributed by atoms with Gasteiger partial charge in [0.05, 0.1) is 5.01 Å². The first-order chi connectivity index (χ1) is 9.90. The molecule has 0 fully saturated rings. The fourth-order valence-electron chi connectivity index (χ4n) is 2.15. The number of benzene rings is 1. The van der Waals surface area contributed by atoms with Gasteiger partial charge >= 0.3 is 0 Å². The Kier molecular flexibility index (Phi) is 5.58. The molecule has 1 atom stereocenters. The number of hydrogen-bond donors (Lipinski definition) is 1. The number of thiazole rings is 1. The number of nitrogens with zero attached hydrogens (tertiary/aromatic N) is 1. The van der Waals surface area contributed by atoms with Crippen molar-refractivity contribution in [2.45, 2.75) is 52.1 Å². The van der Waals surface area contributed by atoms with Crippen molar-refractivity contribution < 1.29 is 0 Å². The number of halogens is 1. The molecule has 1 N–H and O–H groups in total. The summed E-state index contributed by atoms with van der Waals surface area (Å²) >= 11 is 5.30. The summed E-state index contributed by atoms with van der Waals surface area (Å²) in [6.45, 7) is 9.72. The molecule has 21 heavy (non-hydrogen) atoms. The molecule has 1 unspecified atom stereocenters. The highest BCUT2D eigenvalue weighted by Gasteiger charge is 2.18. The van der Waals surface area contributed by atoms with Gasteiger partial charge in [-0.05, 0) is 24.1 Å². The van der Waals surface area contributed by atoms with Crippen molar-refractivity contribution in [2.75, 3.05) is 0 Å². The predicted molar refractivity (Wildman–Crippen MR) is 94.8 cm³/mol. The minimum Gasteiger partial charge on any atom is -0.305 e.